The van der Waals surface area contributed by atoms with Crippen molar-refractivity contribution in [3.63, 3.8) is 0 Å². The van der Waals surface area contributed by atoms with E-state index in [0.717, 1.165) is 0 Å². The van der Waals surface area contributed by atoms with E-state index >= 15 is 0 Å². The molecule has 122 heavy (non-hydrogen) atoms. The Kier molecular flexibility index (Phi) is 55.5. The number of nitrogens with two attached hydrogens (primary N) is 4. The van der Waals surface area contributed by atoms with Gasteiger partial charge in [0.1, 0.15) is 17.1 Å². The molecular formula is C79H130N14O27S2. The van der Waals surface area contributed by atoms with E-state index in [1.807, 2.05) is 0 Å². The summed E-state index contributed by atoms with van der Waals surface area (Å²) in [6.45, 7) is 1.51. The summed E-state index contributed by atoms with van der Waals surface area (Å²) in [5, 5.41) is 111. The van der Waals surface area contributed by atoms with Crippen molar-refractivity contribution in [2.75, 3.05) is 45.0 Å². The van der Waals surface area contributed by atoms with Gasteiger partial charge in [0.15, 0.2) is 0 Å². The number of carbonyl (C=O) groups is 18. The van der Waals surface area contributed by atoms with Gasteiger partial charge < -0.3 is 117 Å². The van der Waals surface area contributed by atoms with Crippen LogP contribution in [0.4, 0.5) is 0 Å². The van der Waals surface area contributed by atoms with Gasteiger partial charge in [0, 0.05) is 151 Å². The predicted molar refractivity (Wildman–Crippen MR) is 446 cm³/mol. The second kappa shape index (κ2) is 61.4. The molecule has 1 rings (SSSR count). The van der Waals surface area contributed by atoms with Crippen molar-refractivity contribution in [2.24, 2.45) is 34.3 Å². The predicted octanol–water partition coefficient (Wildman–Crippen LogP) is 2.99. The molecule has 1 aromatic rings. The monoisotopic (exact) mass is 1770 g/mol. The second-order valence-electron chi connectivity index (χ2n) is 31.1. The molecule has 0 aliphatic carbocycles. The Labute approximate surface area is 717 Å². The lowest BCUT2D eigenvalue weighted by molar-refractivity contribution is -0.142. The van der Waals surface area contributed by atoms with Gasteiger partial charge in [0.2, 0.25) is 53.2 Å². The van der Waals surface area contributed by atoms with E-state index in [4.69, 9.17) is 22.9 Å². The Bertz CT molecular complexity index is 3280. The molecule has 0 radical (unpaired) electrons. The van der Waals surface area contributed by atoms with Gasteiger partial charge in [-0.2, -0.15) is 0 Å². The van der Waals surface area contributed by atoms with Crippen molar-refractivity contribution in [3.8, 4) is 0 Å². The maximum absolute atomic E-state index is 14.8. The van der Waals surface area contributed by atoms with Gasteiger partial charge in [-0.05, 0) is 189 Å². The minimum absolute atomic E-state index is 0.00664. The molecule has 0 spiro atoms. The van der Waals surface area contributed by atoms with Crippen LogP contribution in [0.3, 0.4) is 0 Å². The van der Waals surface area contributed by atoms with E-state index in [2.05, 4.69) is 52.8 Å². The third kappa shape index (κ3) is 53.1. The van der Waals surface area contributed by atoms with Crippen LogP contribution >= 0.6 is 21.6 Å². The van der Waals surface area contributed by atoms with Gasteiger partial charge in [-0.1, -0.05) is 30.2 Å². The lowest BCUT2D eigenvalue weighted by Crippen LogP contribution is -2.54. The molecule has 0 saturated carbocycles. The van der Waals surface area contributed by atoms with Crippen molar-refractivity contribution < 1.29 is 132 Å². The molecule has 0 aliphatic rings. The summed E-state index contributed by atoms with van der Waals surface area (Å²) >= 11 is 0. The van der Waals surface area contributed by atoms with E-state index < -0.39 is 204 Å². The topological polar surface area (TPSA) is 715 Å². The van der Waals surface area contributed by atoms with E-state index in [1.54, 1.807) is 31.3 Å². The standard InChI is InChI=1S/C79H130N14O27S2/c1-52(73(115)116)14-2-8-43-84-57(94)20-32-76(50-63(100)88-47-12-6-18-56(83)75(119)120,33-21-58(95)85-46-11-5-17-55(82)74(117)118)51-90-61(98)24-36-77(91-62(99)31-49-121-122-64-19-7-13-48-89-64,34-22-59(96)86-44-9-3-15-53(80)71(113)92-78(37-25-65(101)102,38-26-66(103)104)39-27-67(105)106)35-23-60(97)87-45-10-4-16-54(81)72(114)93-79(40-28-68(107)108,41-29-69(109)110)42-30-70(111)112/h7,13,19,48,52-56H,2-6,8-12,14-18,20-47,49-51,80-83H2,1H3,(H,84,94)(H,85,95)(H,86,96)(H,87,97)(H,88,100)(H,90,98)(H,91,99)(H,92,113)(H,93,114)(H,101,102)(H,103,104)(H,105,106)(H,107,108)(H,109,110)(H,111,112)(H,115,116)(H,117,118)(H,119,120). The smallest absolute Gasteiger partial charge is 0.320 e. The number of carboxylic acids is 9. The molecule has 1 heterocycles. The van der Waals surface area contributed by atoms with E-state index in [1.165, 1.54) is 21.6 Å². The normalized spacial score (nSPS) is 13.6. The molecule has 41 nitrogen and oxygen atoms in total. The first kappa shape index (κ1) is 110. The van der Waals surface area contributed by atoms with Crippen LogP contribution < -0.4 is 70.8 Å². The number of carbonyl (C=O) groups excluding carboxylic acids is 9. The number of unbranched alkanes of at least 4 members (excludes halogenated alkanes) is 5. The van der Waals surface area contributed by atoms with Gasteiger partial charge in [-0.25, -0.2) is 4.98 Å². The number of carboxylic acid groups (broad SMARTS) is 9. The van der Waals surface area contributed by atoms with Gasteiger partial charge in [0.05, 0.1) is 18.0 Å². The highest BCUT2D eigenvalue weighted by Crippen LogP contribution is 2.36. The lowest BCUT2D eigenvalue weighted by Gasteiger charge is -2.36. The molecule has 6 atom stereocenters. The minimum Gasteiger partial charge on any atom is -0.481 e. The highest BCUT2D eigenvalue weighted by atomic mass is 33.1. The molecule has 9 amide bonds. The van der Waals surface area contributed by atoms with Gasteiger partial charge >= 0.3 is 53.7 Å². The second-order valence-corrected chi connectivity index (χ2v) is 33.5. The molecule has 26 N–H and O–H groups in total. The highest BCUT2D eigenvalue weighted by molar-refractivity contribution is 8.76. The number of hydrogen-bond acceptors (Lipinski definition) is 25. The van der Waals surface area contributed by atoms with Crippen LogP contribution in [-0.2, 0) is 86.3 Å². The summed E-state index contributed by atoms with van der Waals surface area (Å²) < 4.78 is 0. The van der Waals surface area contributed by atoms with Crippen LogP contribution in [0.25, 0.3) is 0 Å². The molecule has 43 heteroatoms. The number of hydrogen-bond donors (Lipinski definition) is 22. The number of pyridine rings is 1. The summed E-state index contributed by atoms with van der Waals surface area (Å²) in [5.74, 6) is -17.0. The van der Waals surface area contributed by atoms with Crippen LogP contribution in [0.15, 0.2) is 29.4 Å². The Hall–Kier alpha value is -9.85. The average Bonchev–Trinajstić information content (AvgIpc) is 0.850. The van der Waals surface area contributed by atoms with Crippen LogP contribution in [0, 0.1) is 11.3 Å². The van der Waals surface area contributed by atoms with Crippen LogP contribution in [0.1, 0.15) is 257 Å². The Morgan fingerprint density at radius 2 is 0.648 bits per heavy atom. The fourth-order valence-electron chi connectivity index (χ4n) is 13.3. The van der Waals surface area contributed by atoms with E-state index in [0.29, 0.717) is 50.0 Å². The zero-order valence-corrected chi connectivity index (χ0v) is 71.3. The van der Waals surface area contributed by atoms with Crippen molar-refractivity contribution in [3.05, 3.63) is 24.4 Å². The van der Waals surface area contributed by atoms with Crippen molar-refractivity contribution >= 4 is 128 Å². The lowest BCUT2D eigenvalue weighted by atomic mass is 9.75. The third-order valence-corrected chi connectivity index (χ3v) is 23.2. The van der Waals surface area contributed by atoms with Crippen LogP contribution in [0.2, 0.25) is 0 Å². The molecule has 0 fully saturated rings. The highest BCUT2D eigenvalue weighted by Gasteiger charge is 2.40. The average molecular weight is 1770 g/mol. The molecule has 0 saturated heterocycles. The summed E-state index contributed by atoms with van der Waals surface area (Å²) in [6, 6.07) is 0.462. The first-order valence-corrected chi connectivity index (χ1v) is 43.6. The molecular weight excluding hydrogens is 1640 g/mol. The number of nitrogens with one attached hydrogen (secondary N) is 9. The molecule has 6 unspecified atom stereocenters. The summed E-state index contributed by atoms with van der Waals surface area (Å²) in [4.78, 5) is 234. The minimum atomic E-state index is -1.57. The zero-order chi connectivity index (χ0) is 91.7. The maximum atomic E-state index is 14.8. The van der Waals surface area contributed by atoms with Gasteiger partial charge in [0.25, 0.3) is 0 Å². The van der Waals surface area contributed by atoms with Crippen LogP contribution in [-0.4, -0.2) is 244 Å². The number of amides is 9. The number of aromatic nitrogens is 1. The molecule has 0 aromatic carbocycles. The number of nitrogens with zero attached hydrogens (tertiary/aromatic N) is 1. The van der Waals surface area contributed by atoms with E-state index in [9.17, 15) is 132 Å². The third-order valence-electron chi connectivity index (χ3n) is 20.9. The maximum Gasteiger partial charge on any atom is 0.320 e. The first-order chi connectivity index (χ1) is 57.5. The fourth-order valence-corrected chi connectivity index (χ4v) is 15.1. The van der Waals surface area contributed by atoms with Crippen molar-refractivity contribution in [2.45, 2.75) is 303 Å². The largest absolute Gasteiger partial charge is 0.481 e. The Morgan fingerprint density at radius 3 is 0.967 bits per heavy atom. The first-order valence-electron chi connectivity index (χ1n) is 41.3. The molecule has 690 valence electrons. The summed E-state index contributed by atoms with van der Waals surface area (Å²) in [6.07, 6.45) is -2.96. The quantitative estimate of drug-likeness (QED) is 0.0329. The van der Waals surface area contributed by atoms with Gasteiger partial charge in [-0.3, -0.25) is 86.3 Å². The molecule has 0 bridgehead atoms. The van der Waals surface area contributed by atoms with Gasteiger partial charge in [-0.15, -0.1) is 0 Å². The number of aliphatic carboxylic acids is 9. The number of rotatable bonds is 75. The Balaban J connectivity index is 3.95. The van der Waals surface area contributed by atoms with Crippen molar-refractivity contribution in [1.82, 2.24) is 52.8 Å². The Morgan fingerprint density at radius 1 is 0.344 bits per heavy atom. The van der Waals surface area contributed by atoms with Crippen LogP contribution in [0.5, 0.6) is 0 Å². The van der Waals surface area contributed by atoms with E-state index in [-0.39, 0.29) is 206 Å². The van der Waals surface area contributed by atoms with Crippen molar-refractivity contribution in [1.29, 1.82) is 0 Å². The molecule has 1 aromatic heterocycles. The summed E-state index contributed by atoms with van der Waals surface area (Å²) in [7, 11) is 2.59. The zero-order valence-electron chi connectivity index (χ0n) is 69.7. The fraction of sp³-hybridized carbons (Fsp3) is 0.709. The molecule has 0 aliphatic heterocycles. The SMILES string of the molecule is CC(CCCCNC(=O)CCC(CCC(=O)NCCCCC(N)C(=O)O)(CNC(=O)CCC(CCC(=O)NCCCCC(N)C(=O)NC(CCC(=O)O)(CCC(=O)O)CCC(=O)O)(CCC(=O)NCCCCC(N)C(=O)NC(CCC(=O)O)(CCC(=O)O)CCC(=O)O)NC(=O)CCSSc1ccccn1)CC(=O)NCCCCC(N)C(=O)O)C(=O)O. The summed E-state index contributed by atoms with van der Waals surface area (Å²) in [5.41, 5.74) is 17.9.